The molecule has 0 amide bonds. The highest BCUT2D eigenvalue weighted by Gasteiger charge is 2.16. The van der Waals surface area contributed by atoms with Crippen LogP contribution in [0.5, 0.6) is 0 Å². The van der Waals surface area contributed by atoms with Crippen molar-refractivity contribution in [3.8, 4) is 11.1 Å². The highest BCUT2D eigenvalue weighted by atomic mass is 19.1. The number of benzene rings is 1. The molecule has 0 saturated heterocycles. The third kappa shape index (κ3) is 4.03. The lowest BCUT2D eigenvalue weighted by Gasteiger charge is -2.14. The van der Waals surface area contributed by atoms with Crippen LogP contribution in [0.25, 0.3) is 17.2 Å². The fraction of sp³-hybridized carbons (Fsp3) is 0.227. The Kier molecular flexibility index (Phi) is 5.77. The summed E-state index contributed by atoms with van der Waals surface area (Å²) in [5.74, 6) is 0.0954. The molecule has 0 aliphatic carbocycles. The van der Waals surface area contributed by atoms with Crippen molar-refractivity contribution in [1.82, 2.24) is 9.55 Å². The van der Waals surface area contributed by atoms with Gasteiger partial charge in [0.25, 0.3) is 5.56 Å². The predicted octanol–water partition coefficient (Wildman–Crippen LogP) is 2.74. The molecule has 0 spiro atoms. The van der Waals surface area contributed by atoms with Gasteiger partial charge in [0.2, 0.25) is 0 Å². The SMILES string of the molecule is CC.CC1C=c2c(c(-c3cc(N)ccc3Nc3ccc(F)cn3)cn(C)c2=O)=N1. The number of nitrogens with two attached hydrogens (primary N) is 1. The molecule has 6 nitrogen and oxygen atoms in total. The van der Waals surface area contributed by atoms with Crippen molar-refractivity contribution in [2.24, 2.45) is 12.0 Å². The molecule has 7 heteroatoms. The smallest absolute Gasteiger partial charge is 0.259 e. The molecule has 3 N–H and O–H groups in total. The number of aryl methyl sites for hydroxylation is 1. The summed E-state index contributed by atoms with van der Waals surface area (Å²) in [6.45, 7) is 5.93. The van der Waals surface area contributed by atoms with Crippen molar-refractivity contribution >= 4 is 23.3 Å². The molecule has 1 aliphatic rings. The van der Waals surface area contributed by atoms with E-state index in [-0.39, 0.29) is 11.6 Å². The second kappa shape index (κ2) is 8.26. The van der Waals surface area contributed by atoms with E-state index in [4.69, 9.17) is 5.73 Å². The third-order valence-corrected chi connectivity index (χ3v) is 4.45. The molecule has 3 aromatic rings. The van der Waals surface area contributed by atoms with E-state index in [0.717, 1.165) is 23.0 Å². The van der Waals surface area contributed by atoms with Crippen molar-refractivity contribution in [2.45, 2.75) is 26.8 Å². The van der Waals surface area contributed by atoms with Gasteiger partial charge in [0, 0.05) is 35.7 Å². The van der Waals surface area contributed by atoms with Crippen LogP contribution in [-0.4, -0.2) is 15.6 Å². The molecule has 0 bridgehead atoms. The van der Waals surface area contributed by atoms with Crippen LogP contribution in [0.2, 0.25) is 0 Å². The standard InChI is InChI=1S/C20H18FN5O.C2H6/c1-11-7-15-19(24-11)16(10-26(2)20(15)27)14-8-13(22)4-5-17(14)25-18-6-3-12(21)9-23-18;1-2/h3-11H,22H2,1-2H3,(H,23,25);1-2H3. The number of fused-ring (bicyclic) bond motifs is 1. The van der Waals surface area contributed by atoms with Crippen LogP contribution in [0.4, 0.5) is 21.6 Å². The van der Waals surface area contributed by atoms with E-state index in [0.29, 0.717) is 22.1 Å². The molecule has 150 valence electrons. The molecule has 3 heterocycles. The predicted molar refractivity (Wildman–Crippen MR) is 115 cm³/mol. The second-order valence-electron chi connectivity index (χ2n) is 6.55. The summed E-state index contributed by atoms with van der Waals surface area (Å²) in [4.78, 5) is 21.1. The van der Waals surface area contributed by atoms with E-state index in [1.54, 1.807) is 29.9 Å². The maximum atomic E-state index is 13.1. The zero-order valence-corrected chi connectivity index (χ0v) is 16.9. The minimum absolute atomic E-state index is 0.0647. The molecule has 1 aromatic carbocycles. The average Bonchev–Trinajstić information content (AvgIpc) is 3.11. The van der Waals surface area contributed by atoms with Gasteiger partial charge in [-0.25, -0.2) is 9.37 Å². The third-order valence-electron chi connectivity index (χ3n) is 4.45. The van der Waals surface area contributed by atoms with Gasteiger partial charge < -0.3 is 15.6 Å². The first kappa shape index (κ1) is 20.3. The Morgan fingerprint density at radius 3 is 2.62 bits per heavy atom. The zero-order valence-electron chi connectivity index (χ0n) is 16.9. The molecule has 1 unspecified atom stereocenters. The van der Waals surface area contributed by atoms with Crippen LogP contribution in [0.1, 0.15) is 20.8 Å². The molecule has 2 aromatic heterocycles. The van der Waals surface area contributed by atoms with Crippen LogP contribution in [-0.2, 0) is 7.05 Å². The number of aromatic nitrogens is 2. The lowest BCUT2D eigenvalue weighted by atomic mass is 10.0. The maximum absolute atomic E-state index is 13.1. The quantitative estimate of drug-likeness (QED) is 0.670. The Bertz CT molecular complexity index is 1220. The molecule has 1 atom stereocenters. The van der Waals surface area contributed by atoms with E-state index in [1.165, 1.54) is 6.07 Å². The lowest BCUT2D eigenvalue weighted by molar-refractivity contribution is 0.622. The van der Waals surface area contributed by atoms with Gasteiger partial charge in [-0.05, 0) is 43.3 Å². The van der Waals surface area contributed by atoms with Crippen molar-refractivity contribution in [3.63, 3.8) is 0 Å². The van der Waals surface area contributed by atoms with E-state index in [9.17, 15) is 9.18 Å². The maximum Gasteiger partial charge on any atom is 0.259 e. The number of nitrogens with one attached hydrogen (secondary N) is 1. The summed E-state index contributed by atoms with van der Waals surface area (Å²) in [6.07, 6.45) is 4.77. The number of nitrogen functional groups attached to an aromatic ring is 1. The van der Waals surface area contributed by atoms with E-state index in [1.807, 2.05) is 39.0 Å². The van der Waals surface area contributed by atoms with Crippen LogP contribution in [0.15, 0.2) is 52.5 Å². The number of hydrogen-bond acceptors (Lipinski definition) is 5. The largest absolute Gasteiger partial charge is 0.399 e. The molecular weight excluding hydrogens is 369 g/mol. The van der Waals surface area contributed by atoms with Crippen molar-refractivity contribution in [3.05, 3.63) is 69.5 Å². The Labute approximate surface area is 168 Å². The van der Waals surface area contributed by atoms with Gasteiger partial charge in [-0.1, -0.05) is 13.8 Å². The normalized spacial score (nSPS) is 14.2. The summed E-state index contributed by atoms with van der Waals surface area (Å²) < 4.78 is 14.7. The van der Waals surface area contributed by atoms with Gasteiger partial charge in [-0.15, -0.1) is 0 Å². The Morgan fingerprint density at radius 1 is 1.17 bits per heavy atom. The Morgan fingerprint density at radius 2 is 1.93 bits per heavy atom. The highest BCUT2D eigenvalue weighted by Crippen LogP contribution is 2.30. The van der Waals surface area contributed by atoms with Gasteiger partial charge >= 0.3 is 0 Å². The van der Waals surface area contributed by atoms with Crippen LogP contribution < -0.4 is 27.2 Å². The number of anilines is 3. The Hall–Kier alpha value is -3.48. The van der Waals surface area contributed by atoms with Crippen LogP contribution in [0, 0.1) is 5.82 Å². The van der Waals surface area contributed by atoms with Gasteiger partial charge in [-0.3, -0.25) is 9.79 Å². The summed E-state index contributed by atoms with van der Waals surface area (Å²) in [5.41, 5.74) is 8.84. The number of hydrogen-bond donors (Lipinski definition) is 2. The lowest BCUT2D eigenvalue weighted by Crippen LogP contribution is -2.43. The average molecular weight is 393 g/mol. The Balaban J connectivity index is 0.00000117. The summed E-state index contributed by atoms with van der Waals surface area (Å²) in [6, 6.07) is 8.25. The molecule has 0 radical (unpaired) electrons. The molecule has 4 rings (SSSR count). The summed E-state index contributed by atoms with van der Waals surface area (Å²) in [5, 5.41) is 4.44. The molecule has 1 aliphatic heterocycles. The summed E-state index contributed by atoms with van der Waals surface area (Å²) >= 11 is 0. The topological polar surface area (TPSA) is 85.3 Å². The fourth-order valence-electron chi connectivity index (χ4n) is 3.20. The van der Waals surface area contributed by atoms with Crippen molar-refractivity contribution in [2.75, 3.05) is 11.1 Å². The second-order valence-corrected chi connectivity index (χ2v) is 6.55. The zero-order chi connectivity index (χ0) is 21.1. The molecular formula is C22H24FN5O. The number of rotatable bonds is 3. The van der Waals surface area contributed by atoms with E-state index >= 15 is 0 Å². The first-order chi connectivity index (χ1) is 13.9. The van der Waals surface area contributed by atoms with Gasteiger partial charge in [0.1, 0.15) is 11.6 Å². The molecule has 0 saturated carbocycles. The van der Waals surface area contributed by atoms with Gasteiger partial charge in [0.05, 0.1) is 22.8 Å². The minimum Gasteiger partial charge on any atom is -0.399 e. The summed E-state index contributed by atoms with van der Waals surface area (Å²) in [7, 11) is 1.71. The molecule has 29 heavy (non-hydrogen) atoms. The first-order valence-corrected chi connectivity index (χ1v) is 9.50. The first-order valence-electron chi connectivity index (χ1n) is 9.50. The molecule has 0 fully saturated rings. The van der Waals surface area contributed by atoms with Crippen LogP contribution >= 0.6 is 0 Å². The van der Waals surface area contributed by atoms with Gasteiger partial charge in [-0.2, -0.15) is 0 Å². The van der Waals surface area contributed by atoms with E-state index < -0.39 is 5.82 Å². The van der Waals surface area contributed by atoms with E-state index in [2.05, 4.69) is 15.3 Å². The minimum atomic E-state index is -0.405. The highest BCUT2D eigenvalue weighted by molar-refractivity contribution is 5.82. The van der Waals surface area contributed by atoms with Gasteiger partial charge in [0.15, 0.2) is 0 Å². The van der Waals surface area contributed by atoms with Crippen molar-refractivity contribution in [1.29, 1.82) is 0 Å². The number of nitrogens with zero attached hydrogens (tertiary/aromatic N) is 3. The monoisotopic (exact) mass is 393 g/mol. The number of halogens is 1. The van der Waals surface area contributed by atoms with Crippen molar-refractivity contribution < 1.29 is 4.39 Å². The fourth-order valence-corrected chi connectivity index (χ4v) is 3.20. The van der Waals surface area contributed by atoms with Crippen LogP contribution in [0.3, 0.4) is 0 Å². The number of pyridine rings is 2.